The Morgan fingerprint density at radius 1 is 1.35 bits per heavy atom. The zero-order valence-electron chi connectivity index (χ0n) is 11.6. The summed E-state index contributed by atoms with van der Waals surface area (Å²) in [5, 5.41) is 3.09. The predicted octanol–water partition coefficient (Wildman–Crippen LogP) is 2.45. The highest BCUT2D eigenvalue weighted by atomic mass is 35.5. The first-order valence-corrected chi connectivity index (χ1v) is 6.93. The Morgan fingerprint density at radius 2 is 1.95 bits per heavy atom. The van der Waals surface area contributed by atoms with Crippen molar-refractivity contribution in [1.29, 1.82) is 0 Å². The molecule has 2 rings (SSSR count). The summed E-state index contributed by atoms with van der Waals surface area (Å²) >= 11 is 0. The summed E-state index contributed by atoms with van der Waals surface area (Å²) in [6.45, 7) is 3.73. The summed E-state index contributed by atoms with van der Waals surface area (Å²) in [5.74, 6) is 0.417. The first kappa shape index (κ1) is 17.6. The molecule has 1 N–H and O–H groups in total. The highest BCUT2D eigenvalue weighted by molar-refractivity contribution is 5.85. The van der Waals surface area contributed by atoms with Crippen LogP contribution in [-0.2, 0) is 4.79 Å². The van der Waals surface area contributed by atoms with E-state index in [0.717, 1.165) is 25.9 Å². The molecule has 1 saturated heterocycles. The Bertz CT molecular complexity index is 330. The molecule has 0 radical (unpaired) electrons. The third-order valence-corrected chi connectivity index (χ3v) is 4.06. The van der Waals surface area contributed by atoms with E-state index in [1.54, 1.807) is 0 Å². The van der Waals surface area contributed by atoms with Gasteiger partial charge in [0.15, 0.2) is 0 Å². The molecule has 1 amide bonds. The van der Waals surface area contributed by atoms with Crippen molar-refractivity contribution < 1.29 is 18.0 Å². The van der Waals surface area contributed by atoms with Gasteiger partial charge in [0.2, 0.25) is 5.91 Å². The van der Waals surface area contributed by atoms with Crippen LogP contribution in [0.3, 0.4) is 0 Å². The van der Waals surface area contributed by atoms with Crippen LogP contribution in [0.5, 0.6) is 0 Å². The van der Waals surface area contributed by atoms with Gasteiger partial charge in [0.1, 0.15) is 0 Å². The third-order valence-electron chi connectivity index (χ3n) is 4.06. The van der Waals surface area contributed by atoms with Crippen molar-refractivity contribution in [2.75, 3.05) is 26.2 Å². The van der Waals surface area contributed by atoms with Crippen molar-refractivity contribution in [3.05, 3.63) is 0 Å². The average molecular weight is 315 g/mol. The molecule has 1 heterocycles. The van der Waals surface area contributed by atoms with Crippen LogP contribution in [0.4, 0.5) is 13.2 Å². The van der Waals surface area contributed by atoms with Crippen molar-refractivity contribution in [1.82, 2.24) is 10.2 Å². The van der Waals surface area contributed by atoms with Crippen LogP contribution in [0.25, 0.3) is 0 Å². The highest BCUT2D eigenvalue weighted by Crippen LogP contribution is 2.31. The predicted molar refractivity (Wildman–Crippen MR) is 72.7 cm³/mol. The quantitative estimate of drug-likeness (QED) is 0.817. The summed E-state index contributed by atoms with van der Waals surface area (Å²) in [5.41, 5.74) is 0. The summed E-state index contributed by atoms with van der Waals surface area (Å²) in [6, 6.07) is 0. The van der Waals surface area contributed by atoms with E-state index in [1.807, 2.05) is 6.92 Å². The van der Waals surface area contributed by atoms with Crippen LogP contribution < -0.4 is 5.32 Å². The Morgan fingerprint density at radius 3 is 2.35 bits per heavy atom. The van der Waals surface area contributed by atoms with Gasteiger partial charge in [-0.2, -0.15) is 13.2 Å². The molecule has 1 atom stereocenters. The van der Waals surface area contributed by atoms with Gasteiger partial charge in [-0.25, -0.2) is 0 Å². The van der Waals surface area contributed by atoms with E-state index in [-0.39, 0.29) is 36.7 Å². The monoisotopic (exact) mass is 314 g/mol. The fourth-order valence-corrected chi connectivity index (χ4v) is 2.32. The molecular formula is C13H22ClF3N2O. The third kappa shape index (κ3) is 5.13. The van der Waals surface area contributed by atoms with Gasteiger partial charge in [-0.1, -0.05) is 6.92 Å². The van der Waals surface area contributed by atoms with Crippen molar-refractivity contribution in [3.8, 4) is 0 Å². The van der Waals surface area contributed by atoms with Crippen LogP contribution in [0, 0.1) is 17.8 Å². The molecule has 2 aliphatic rings. The molecule has 20 heavy (non-hydrogen) atoms. The number of halogens is 4. The van der Waals surface area contributed by atoms with Crippen molar-refractivity contribution in [2.45, 2.75) is 32.4 Å². The standard InChI is InChI=1S/C13H21F3N2O.ClH/c1-9(11-6-17-7-11)12(19)18(8-10-2-3-10)5-4-13(14,15)16;/h9-11,17H,2-8H2,1H3;1H. The van der Waals surface area contributed by atoms with Gasteiger partial charge in [-0.05, 0) is 37.8 Å². The normalized spacial score (nSPS) is 20.8. The largest absolute Gasteiger partial charge is 0.390 e. The molecule has 1 saturated carbocycles. The van der Waals surface area contributed by atoms with Crippen LogP contribution in [0.1, 0.15) is 26.2 Å². The fourth-order valence-electron chi connectivity index (χ4n) is 2.32. The fraction of sp³-hybridized carbons (Fsp3) is 0.923. The number of carbonyl (C=O) groups excluding carboxylic acids is 1. The van der Waals surface area contributed by atoms with Gasteiger partial charge in [0.25, 0.3) is 0 Å². The Balaban J connectivity index is 0.00000200. The first-order chi connectivity index (χ1) is 8.87. The van der Waals surface area contributed by atoms with E-state index in [4.69, 9.17) is 0 Å². The van der Waals surface area contributed by atoms with E-state index in [2.05, 4.69) is 5.32 Å². The van der Waals surface area contributed by atoms with Crippen LogP contribution in [0.2, 0.25) is 0 Å². The molecular weight excluding hydrogens is 293 g/mol. The van der Waals surface area contributed by atoms with E-state index >= 15 is 0 Å². The molecule has 118 valence electrons. The molecule has 1 aliphatic carbocycles. The molecule has 3 nitrogen and oxygen atoms in total. The number of amides is 1. The highest BCUT2D eigenvalue weighted by Gasteiger charge is 2.36. The number of hydrogen-bond acceptors (Lipinski definition) is 2. The first-order valence-electron chi connectivity index (χ1n) is 6.93. The van der Waals surface area contributed by atoms with E-state index in [0.29, 0.717) is 12.5 Å². The molecule has 0 aromatic heterocycles. The minimum absolute atomic E-state index is 0. The number of nitrogens with one attached hydrogen (secondary N) is 1. The van der Waals surface area contributed by atoms with Crippen LogP contribution in [-0.4, -0.2) is 43.2 Å². The number of carbonyl (C=O) groups is 1. The van der Waals surface area contributed by atoms with E-state index < -0.39 is 12.6 Å². The summed E-state index contributed by atoms with van der Waals surface area (Å²) in [6.07, 6.45) is -3.02. The Hall–Kier alpha value is -0.490. The minimum Gasteiger partial charge on any atom is -0.342 e. The van der Waals surface area contributed by atoms with Gasteiger partial charge in [0.05, 0.1) is 6.42 Å². The van der Waals surface area contributed by atoms with Crippen molar-refractivity contribution >= 4 is 18.3 Å². The van der Waals surface area contributed by atoms with Gasteiger partial charge in [-0.3, -0.25) is 4.79 Å². The summed E-state index contributed by atoms with van der Waals surface area (Å²) in [4.78, 5) is 13.7. The molecule has 2 fully saturated rings. The van der Waals surface area contributed by atoms with Gasteiger partial charge in [0, 0.05) is 19.0 Å². The van der Waals surface area contributed by atoms with Crippen LogP contribution >= 0.6 is 12.4 Å². The lowest BCUT2D eigenvalue weighted by atomic mass is 9.88. The smallest absolute Gasteiger partial charge is 0.342 e. The zero-order chi connectivity index (χ0) is 14.0. The summed E-state index contributed by atoms with van der Waals surface area (Å²) in [7, 11) is 0. The molecule has 0 aromatic rings. The Kier molecular flexibility index (Phi) is 6.13. The molecule has 0 aromatic carbocycles. The maximum atomic E-state index is 12.3. The van der Waals surface area contributed by atoms with E-state index in [9.17, 15) is 18.0 Å². The lowest BCUT2D eigenvalue weighted by Gasteiger charge is -2.35. The van der Waals surface area contributed by atoms with Gasteiger partial charge >= 0.3 is 6.18 Å². The maximum absolute atomic E-state index is 12.3. The second kappa shape index (κ2) is 6.98. The number of alkyl halides is 3. The topological polar surface area (TPSA) is 32.3 Å². The maximum Gasteiger partial charge on any atom is 0.390 e. The molecule has 1 unspecified atom stereocenters. The zero-order valence-corrected chi connectivity index (χ0v) is 12.4. The number of nitrogens with zero attached hydrogens (tertiary/aromatic N) is 1. The van der Waals surface area contributed by atoms with Crippen LogP contribution in [0.15, 0.2) is 0 Å². The Labute approximate surface area is 123 Å². The van der Waals surface area contributed by atoms with Gasteiger partial charge in [-0.15, -0.1) is 12.4 Å². The van der Waals surface area contributed by atoms with Crippen molar-refractivity contribution in [3.63, 3.8) is 0 Å². The van der Waals surface area contributed by atoms with E-state index in [1.165, 1.54) is 4.90 Å². The number of rotatable bonds is 6. The summed E-state index contributed by atoms with van der Waals surface area (Å²) < 4.78 is 37.0. The second-order valence-corrected chi connectivity index (χ2v) is 5.80. The minimum atomic E-state index is -4.19. The second-order valence-electron chi connectivity index (χ2n) is 5.80. The lowest BCUT2D eigenvalue weighted by molar-refractivity contribution is -0.148. The lowest BCUT2D eigenvalue weighted by Crippen LogP contribution is -2.51. The SMILES string of the molecule is CC(C(=O)N(CCC(F)(F)F)CC1CC1)C1CNC1.Cl. The van der Waals surface area contributed by atoms with Gasteiger partial charge < -0.3 is 10.2 Å². The average Bonchev–Trinajstić information content (AvgIpc) is 3.03. The molecule has 1 aliphatic heterocycles. The number of hydrogen-bond donors (Lipinski definition) is 1. The molecule has 0 bridgehead atoms. The molecule has 0 spiro atoms. The molecule has 7 heteroatoms. The van der Waals surface area contributed by atoms with Crippen molar-refractivity contribution in [2.24, 2.45) is 17.8 Å².